The summed E-state index contributed by atoms with van der Waals surface area (Å²) in [5.74, 6) is 0.894. The van der Waals surface area contributed by atoms with E-state index in [1.807, 2.05) is 12.1 Å². The van der Waals surface area contributed by atoms with Crippen LogP contribution in [0.1, 0.15) is 6.92 Å². The van der Waals surface area contributed by atoms with E-state index in [0.29, 0.717) is 11.7 Å². The molecule has 0 bridgehead atoms. The molecule has 1 aliphatic heterocycles. The zero-order valence-electron chi connectivity index (χ0n) is 11.7. The van der Waals surface area contributed by atoms with Gasteiger partial charge in [-0.1, -0.05) is 0 Å². The van der Waals surface area contributed by atoms with Crippen molar-refractivity contribution >= 4 is 5.82 Å². The Balaban J connectivity index is 1.90. The second-order valence-corrected chi connectivity index (χ2v) is 5.10. The Labute approximate surface area is 121 Å². The maximum absolute atomic E-state index is 11.7. The lowest BCUT2D eigenvalue weighted by Gasteiger charge is -2.34. The number of nitrogens with one attached hydrogen (secondary N) is 2. The van der Waals surface area contributed by atoms with Crippen molar-refractivity contribution in [1.82, 2.24) is 19.9 Å². The van der Waals surface area contributed by atoms with Crippen LogP contribution in [0.5, 0.6) is 0 Å². The number of aromatic nitrogens is 3. The van der Waals surface area contributed by atoms with Gasteiger partial charge in [0, 0.05) is 37.9 Å². The summed E-state index contributed by atoms with van der Waals surface area (Å²) in [6, 6.07) is 5.42. The van der Waals surface area contributed by atoms with Gasteiger partial charge in [0.2, 0.25) is 0 Å². The SMILES string of the molecule is CC1CNCCN1c1ccc(-n2ccc(=O)[nH]c2=O)cn1. The number of hydrogen-bond donors (Lipinski definition) is 2. The van der Waals surface area contributed by atoms with Crippen molar-refractivity contribution in [1.29, 1.82) is 0 Å². The molecule has 1 saturated heterocycles. The topological polar surface area (TPSA) is 83.0 Å². The predicted molar refractivity (Wildman–Crippen MR) is 80.1 cm³/mol. The quantitative estimate of drug-likeness (QED) is 0.794. The molecule has 0 saturated carbocycles. The fraction of sp³-hybridized carbons (Fsp3) is 0.357. The highest BCUT2D eigenvalue weighted by atomic mass is 16.2. The van der Waals surface area contributed by atoms with E-state index in [1.54, 1.807) is 6.20 Å². The zero-order chi connectivity index (χ0) is 14.8. The molecule has 2 aromatic heterocycles. The fourth-order valence-electron chi connectivity index (χ4n) is 2.49. The highest BCUT2D eigenvalue weighted by Gasteiger charge is 2.19. The summed E-state index contributed by atoms with van der Waals surface area (Å²) in [6.07, 6.45) is 3.09. The molecule has 0 amide bonds. The normalized spacial score (nSPS) is 18.7. The molecule has 0 spiro atoms. The van der Waals surface area contributed by atoms with E-state index in [2.05, 4.69) is 27.1 Å². The van der Waals surface area contributed by atoms with Crippen LogP contribution in [0.3, 0.4) is 0 Å². The molecular formula is C14H17N5O2. The van der Waals surface area contributed by atoms with Crippen molar-refractivity contribution in [3.63, 3.8) is 0 Å². The van der Waals surface area contributed by atoms with Crippen molar-refractivity contribution < 1.29 is 0 Å². The summed E-state index contributed by atoms with van der Waals surface area (Å²) in [5.41, 5.74) is -0.245. The first-order chi connectivity index (χ1) is 10.1. The molecule has 0 radical (unpaired) electrons. The smallest absolute Gasteiger partial charge is 0.332 e. The third kappa shape index (κ3) is 2.73. The number of nitrogens with zero attached hydrogens (tertiary/aromatic N) is 3. The second-order valence-electron chi connectivity index (χ2n) is 5.10. The van der Waals surface area contributed by atoms with Gasteiger partial charge in [0.15, 0.2) is 0 Å². The molecule has 3 heterocycles. The highest BCUT2D eigenvalue weighted by Crippen LogP contribution is 2.16. The van der Waals surface area contributed by atoms with E-state index in [1.165, 1.54) is 16.8 Å². The van der Waals surface area contributed by atoms with E-state index in [9.17, 15) is 9.59 Å². The van der Waals surface area contributed by atoms with Crippen LogP contribution in [-0.4, -0.2) is 40.2 Å². The summed E-state index contributed by atoms with van der Waals surface area (Å²) in [5, 5.41) is 3.34. The van der Waals surface area contributed by atoms with Gasteiger partial charge in [0.25, 0.3) is 5.56 Å². The van der Waals surface area contributed by atoms with Crippen LogP contribution in [0.25, 0.3) is 5.69 Å². The van der Waals surface area contributed by atoms with Crippen molar-refractivity contribution in [3.05, 3.63) is 51.4 Å². The molecule has 21 heavy (non-hydrogen) atoms. The number of aromatic amines is 1. The number of hydrogen-bond acceptors (Lipinski definition) is 5. The van der Waals surface area contributed by atoms with Crippen LogP contribution < -0.4 is 21.5 Å². The molecule has 1 fully saturated rings. The third-order valence-electron chi connectivity index (χ3n) is 3.63. The van der Waals surface area contributed by atoms with Crippen LogP contribution >= 0.6 is 0 Å². The third-order valence-corrected chi connectivity index (χ3v) is 3.63. The number of anilines is 1. The number of rotatable bonds is 2. The first-order valence-corrected chi connectivity index (χ1v) is 6.91. The molecule has 1 aliphatic rings. The Morgan fingerprint density at radius 1 is 1.29 bits per heavy atom. The van der Waals surface area contributed by atoms with Crippen molar-refractivity contribution in [3.8, 4) is 5.69 Å². The average Bonchev–Trinajstić information content (AvgIpc) is 2.48. The predicted octanol–water partition coefficient (Wildman–Crippen LogP) is -0.281. The lowest BCUT2D eigenvalue weighted by Crippen LogP contribution is -2.50. The van der Waals surface area contributed by atoms with Crippen LogP contribution in [0.2, 0.25) is 0 Å². The largest absolute Gasteiger partial charge is 0.351 e. The van der Waals surface area contributed by atoms with Crippen LogP contribution in [0.4, 0.5) is 5.82 Å². The number of pyridine rings is 1. The van der Waals surface area contributed by atoms with Gasteiger partial charge in [0.05, 0.1) is 11.9 Å². The van der Waals surface area contributed by atoms with Crippen LogP contribution in [0, 0.1) is 0 Å². The number of piperazine rings is 1. The minimum absolute atomic E-state index is 0.382. The van der Waals surface area contributed by atoms with Gasteiger partial charge in [-0.15, -0.1) is 0 Å². The van der Waals surface area contributed by atoms with E-state index in [4.69, 9.17) is 0 Å². The van der Waals surface area contributed by atoms with Crippen LogP contribution in [-0.2, 0) is 0 Å². The van der Waals surface area contributed by atoms with Gasteiger partial charge >= 0.3 is 5.69 Å². The van der Waals surface area contributed by atoms with E-state index in [-0.39, 0.29) is 0 Å². The molecule has 3 rings (SSSR count). The molecule has 2 N–H and O–H groups in total. The molecule has 7 heteroatoms. The summed E-state index contributed by atoms with van der Waals surface area (Å²) >= 11 is 0. The summed E-state index contributed by atoms with van der Waals surface area (Å²) in [4.78, 5) is 31.7. The maximum atomic E-state index is 11.7. The monoisotopic (exact) mass is 287 g/mol. The first kappa shape index (κ1) is 13.6. The molecule has 110 valence electrons. The Hall–Kier alpha value is -2.41. The fourth-order valence-corrected chi connectivity index (χ4v) is 2.49. The molecule has 7 nitrogen and oxygen atoms in total. The average molecular weight is 287 g/mol. The molecule has 1 atom stereocenters. The van der Waals surface area contributed by atoms with E-state index < -0.39 is 11.2 Å². The van der Waals surface area contributed by atoms with Gasteiger partial charge in [-0.25, -0.2) is 9.78 Å². The first-order valence-electron chi connectivity index (χ1n) is 6.91. The van der Waals surface area contributed by atoms with Gasteiger partial charge in [-0.2, -0.15) is 0 Å². The van der Waals surface area contributed by atoms with Gasteiger partial charge < -0.3 is 10.2 Å². The van der Waals surface area contributed by atoms with Crippen LogP contribution in [0.15, 0.2) is 40.2 Å². The van der Waals surface area contributed by atoms with Crippen molar-refractivity contribution in [2.75, 3.05) is 24.5 Å². The summed E-state index contributed by atoms with van der Waals surface area (Å²) in [7, 11) is 0. The standard InChI is InChI=1S/C14H17N5O2/c1-10-8-15-5-7-18(10)12-3-2-11(9-16-12)19-6-4-13(20)17-14(19)21/h2-4,6,9-10,15H,5,7-8H2,1H3,(H,17,20,21). The minimum Gasteiger partial charge on any atom is -0.351 e. The Bertz CT molecular complexity index is 734. The Morgan fingerprint density at radius 2 is 2.14 bits per heavy atom. The van der Waals surface area contributed by atoms with Crippen molar-refractivity contribution in [2.45, 2.75) is 13.0 Å². The van der Waals surface area contributed by atoms with E-state index in [0.717, 1.165) is 25.5 Å². The maximum Gasteiger partial charge on any atom is 0.332 e. The van der Waals surface area contributed by atoms with E-state index >= 15 is 0 Å². The number of H-pyrrole nitrogens is 1. The lowest BCUT2D eigenvalue weighted by atomic mass is 10.2. The zero-order valence-corrected chi connectivity index (χ0v) is 11.7. The molecule has 1 unspecified atom stereocenters. The van der Waals surface area contributed by atoms with Gasteiger partial charge in [-0.05, 0) is 19.1 Å². The Morgan fingerprint density at radius 3 is 2.81 bits per heavy atom. The summed E-state index contributed by atoms with van der Waals surface area (Å²) in [6.45, 7) is 4.93. The lowest BCUT2D eigenvalue weighted by molar-refractivity contribution is 0.497. The Kier molecular flexibility index (Phi) is 3.57. The second kappa shape index (κ2) is 5.53. The highest BCUT2D eigenvalue weighted by molar-refractivity contribution is 5.44. The molecule has 2 aromatic rings. The molecule has 0 aliphatic carbocycles. The van der Waals surface area contributed by atoms with Gasteiger partial charge in [0.1, 0.15) is 5.82 Å². The minimum atomic E-state index is -0.465. The van der Waals surface area contributed by atoms with Gasteiger partial charge in [-0.3, -0.25) is 14.3 Å². The molecular weight excluding hydrogens is 270 g/mol. The summed E-state index contributed by atoms with van der Waals surface area (Å²) < 4.78 is 1.36. The molecule has 0 aromatic carbocycles. The van der Waals surface area contributed by atoms with Crippen molar-refractivity contribution in [2.24, 2.45) is 0 Å².